The van der Waals surface area contributed by atoms with Gasteiger partial charge in [0.1, 0.15) is 5.75 Å². The first kappa shape index (κ1) is 24.1. The number of ether oxygens (including phenoxy) is 1. The lowest BCUT2D eigenvalue weighted by Gasteiger charge is -2.13. The van der Waals surface area contributed by atoms with Crippen molar-refractivity contribution < 1.29 is 18.0 Å². The monoisotopic (exact) mass is 508 g/mol. The third kappa shape index (κ3) is 7.25. The van der Waals surface area contributed by atoms with E-state index < -0.39 is 6.61 Å². The van der Waals surface area contributed by atoms with E-state index in [0.717, 1.165) is 18.5 Å². The molecule has 1 aromatic carbocycles. The predicted octanol–water partition coefficient (Wildman–Crippen LogP) is 4.66. The van der Waals surface area contributed by atoms with Gasteiger partial charge in [0.2, 0.25) is 0 Å². The Kier molecular flexibility index (Phi) is 10.8. The van der Waals surface area contributed by atoms with Crippen LogP contribution in [-0.4, -0.2) is 24.8 Å². The maximum absolute atomic E-state index is 12.5. The molecule has 0 amide bonds. The van der Waals surface area contributed by atoms with E-state index in [2.05, 4.69) is 39.4 Å². The smallest absolute Gasteiger partial charge is 0.387 e. The van der Waals surface area contributed by atoms with Gasteiger partial charge in [0.05, 0.1) is 12.2 Å². The van der Waals surface area contributed by atoms with Crippen LogP contribution in [0.1, 0.15) is 49.6 Å². The molecular weight excluding hydrogens is 481 g/mol. The zero-order valence-corrected chi connectivity index (χ0v) is 18.6. The fourth-order valence-corrected chi connectivity index (χ4v) is 2.74. The largest absolute Gasteiger partial charge is 0.434 e. The molecule has 0 atom stereocenters. The summed E-state index contributed by atoms with van der Waals surface area (Å²) in [5.41, 5.74) is 1.56. The van der Waals surface area contributed by atoms with Crippen LogP contribution in [0.25, 0.3) is 0 Å². The van der Waals surface area contributed by atoms with E-state index in [9.17, 15) is 8.78 Å². The first-order valence-electron chi connectivity index (χ1n) is 9.00. The Morgan fingerprint density at radius 2 is 1.86 bits per heavy atom. The van der Waals surface area contributed by atoms with Crippen LogP contribution in [0.2, 0.25) is 0 Å². The van der Waals surface area contributed by atoms with Crippen molar-refractivity contribution in [3.63, 3.8) is 0 Å². The third-order valence-electron chi connectivity index (χ3n) is 4.27. The summed E-state index contributed by atoms with van der Waals surface area (Å²) in [6.45, 7) is 2.10. The van der Waals surface area contributed by atoms with E-state index in [1.165, 1.54) is 6.07 Å². The van der Waals surface area contributed by atoms with Crippen LogP contribution in [0.3, 0.4) is 0 Å². The molecule has 0 saturated carbocycles. The average Bonchev–Trinajstić information content (AvgIpc) is 3.12. The molecule has 1 aromatic heterocycles. The first-order valence-corrected chi connectivity index (χ1v) is 9.00. The molecule has 2 rings (SSSR count). The van der Waals surface area contributed by atoms with Crippen LogP contribution in [0.4, 0.5) is 8.78 Å². The van der Waals surface area contributed by atoms with Gasteiger partial charge in [0, 0.05) is 31.1 Å². The minimum Gasteiger partial charge on any atom is -0.434 e. The maximum Gasteiger partial charge on any atom is 0.387 e. The van der Waals surface area contributed by atoms with Gasteiger partial charge < -0.3 is 19.9 Å². The van der Waals surface area contributed by atoms with Gasteiger partial charge in [0.25, 0.3) is 0 Å². The molecule has 0 fully saturated rings. The highest BCUT2D eigenvalue weighted by Gasteiger charge is 2.13. The van der Waals surface area contributed by atoms with E-state index in [0.29, 0.717) is 29.7 Å². The van der Waals surface area contributed by atoms with Crippen molar-refractivity contribution in [2.24, 2.45) is 4.99 Å². The van der Waals surface area contributed by atoms with Gasteiger partial charge in [-0.25, -0.2) is 0 Å². The number of hydrogen-bond acceptors (Lipinski definition) is 4. The molecule has 0 unspecified atom stereocenters. The zero-order valence-electron chi connectivity index (χ0n) is 16.2. The van der Waals surface area contributed by atoms with Crippen LogP contribution < -0.4 is 15.4 Å². The molecule has 0 saturated heterocycles. The highest BCUT2D eigenvalue weighted by molar-refractivity contribution is 14.0. The van der Waals surface area contributed by atoms with Crippen molar-refractivity contribution in [3.8, 4) is 5.75 Å². The molecule has 6 nitrogen and oxygen atoms in total. The summed E-state index contributed by atoms with van der Waals surface area (Å²) in [6.07, 6.45) is 2.03. The molecule has 156 valence electrons. The summed E-state index contributed by atoms with van der Waals surface area (Å²) in [5.74, 6) is 1.76. The van der Waals surface area contributed by atoms with Crippen molar-refractivity contribution in [3.05, 3.63) is 47.3 Å². The van der Waals surface area contributed by atoms with Crippen LogP contribution >= 0.6 is 24.0 Å². The van der Waals surface area contributed by atoms with Crippen molar-refractivity contribution in [2.45, 2.75) is 52.3 Å². The number of halogens is 3. The van der Waals surface area contributed by atoms with Crippen LogP contribution in [0.15, 0.2) is 39.8 Å². The Bertz CT molecular complexity index is 736. The number of hydrogen-bond donors (Lipinski definition) is 2. The molecule has 28 heavy (non-hydrogen) atoms. The number of rotatable bonds is 9. The highest BCUT2D eigenvalue weighted by Crippen LogP contribution is 2.22. The van der Waals surface area contributed by atoms with Crippen LogP contribution in [0, 0.1) is 0 Å². The third-order valence-corrected chi connectivity index (χ3v) is 4.27. The minimum absolute atomic E-state index is 0. The number of nitrogens with zero attached hydrogens (tertiary/aromatic N) is 2. The maximum atomic E-state index is 12.5. The number of nitrogens with one attached hydrogen (secondary N) is 2. The van der Waals surface area contributed by atoms with E-state index >= 15 is 0 Å². The van der Waals surface area contributed by atoms with Crippen molar-refractivity contribution in [2.75, 3.05) is 7.05 Å². The van der Waals surface area contributed by atoms with E-state index in [1.807, 2.05) is 6.07 Å². The molecule has 0 radical (unpaired) electrons. The summed E-state index contributed by atoms with van der Waals surface area (Å²) in [5, 5.41) is 10.3. The lowest BCUT2D eigenvalue weighted by Crippen LogP contribution is -2.36. The summed E-state index contributed by atoms with van der Waals surface area (Å²) in [6, 6.07) is 8.59. The van der Waals surface area contributed by atoms with Crippen LogP contribution in [0.5, 0.6) is 5.75 Å². The molecular formula is C19H27F2IN4O2. The van der Waals surface area contributed by atoms with Gasteiger partial charge >= 0.3 is 6.61 Å². The molecule has 0 aliphatic carbocycles. The number of aliphatic imine (C=N–C) groups is 1. The molecule has 2 N–H and O–H groups in total. The minimum atomic E-state index is -2.86. The van der Waals surface area contributed by atoms with Gasteiger partial charge in [-0.1, -0.05) is 37.2 Å². The summed E-state index contributed by atoms with van der Waals surface area (Å²) >= 11 is 0. The summed E-state index contributed by atoms with van der Waals surface area (Å²) in [4.78, 5) is 4.13. The van der Waals surface area contributed by atoms with E-state index in [1.54, 1.807) is 25.2 Å². The van der Waals surface area contributed by atoms with Gasteiger partial charge in [-0.05, 0) is 18.9 Å². The molecule has 0 spiro atoms. The molecule has 0 aliphatic heterocycles. The lowest BCUT2D eigenvalue weighted by atomic mass is 9.99. The normalized spacial score (nSPS) is 11.5. The lowest BCUT2D eigenvalue weighted by molar-refractivity contribution is -0.0504. The second-order valence-corrected chi connectivity index (χ2v) is 6.00. The first-order chi connectivity index (χ1) is 13.1. The number of alkyl halides is 2. The molecule has 2 aromatic rings. The predicted molar refractivity (Wildman–Crippen MR) is 115 cm³/mol. The Morgan fingerprint density at radius 3 is 2.50 bits per heavy atom. The molecule has 0 aliphatic rings. The zero-order chi connectivity index (χ0) is 19.6. The fourth-order valence-electron chi connectivity index (χ4n) is 2.74. The van der Waals surface area contributed by atoms with E-state index in [4.69, 9.17) is 4.52 Å². The Labute approximate surface area is 181 Å². The Morgan fingerprint density at radius 1 is 1.18 bits per heavy atom. The molecule has 1 heterocycles. The summed E-state index contributed by atoms with van der Waals surface area (Å²) in [7, 11) is 1.63. The van der Waals surface area contributed by atoms with Gasteiger partial charge in [-0.15, -0.1) is 24.0 Å². The van der Waals surface area contributed by atoms with Gasteiger partial charge in [0.15, 0.2) is 11.7 Å². The SMILES string of the molecule is CCC(CC)c1cc(CNC(=NC)NCc2ccccc2OC(F)F)on1.I. The van der Waals surface area contributed by atoms with Gasteiger partial charge in [-0.3, -0.25) is 4.99 Å². The fraction of sp³-hybridized carbons (Fsp3) is 0.474. The number of aromatic nitrogens is 1. The standard InChI is InChI=1S/C19H26F2N4O2.HI/c1-4-13(5-2)16-10-15(27-25-16)12-24-19(22-3)23-11-14-8-6-7-9-17(14)26-18(20)21;/h6-10,13,18H,4-5,11-12H2,1-3H3,(H2,22,23,24);1H. The molecule has 9 heteroatoms. The number of para-hydroxylation sites is 1. The summed E-state index contributed by atoms with van der Waals surface area (Å²) < 4.78 is 34.9. The quantitative estimate of drug-likeness (QED) is 0.293. The highest BCUT2D eigenvalue weighted by atomic mass is 127. The Balaban J connectivity index is 0.00000392. The molecule has 0 bridgehead atoms. The van der Waals surface area contributed by atoms with Crippen LogP contribution in [-0.2, 0) is 13.1 Å². The second-order valence-electron chi connectivity index (χ2n) is 6.00. The topological polar surface area (TPSA) is 71.7 Å². The van der Waals surface area contributed by atoms with Crippen molar-refractivity contribution in [1.29, 1.82) is 0 Å². The van der Waals surface area contributed by atoms with Gasteiger partial charge in [-0.2, -0.15) is 8.78 Å². The van der Waals surface area contributed by atoms with Crippen molar-refractivity contribution in [1.82, 2.24) is 15.8 Å². The van der Waals surface area contributed by atoms with E-state index in [-0.39, 0.29) is 36.3 Å². The Hall–Kier alpha value is -1.91. The average molecular weight is 508 g/mol. The second kappa shape index (κ2) is 12.5. The number of benzene rings is 1. The number of guanidine groups is 1. The van der Waals surface area contributed by atoms with Crippen molar-refractivity contribution >= 4 is 29.9 Å².